The first-order chi connectivity index (χ1) is 16.7. The zero-order valence-electron chi connectivity index (χ0n) is 22.6. The Morgan fingerprint density at radius 2 is 2.41 bits per heavy atom. The van der Waals surface area contributed by atoms with Crippen molar-refractivity contribution in [2.75, 3.05) is 18.4 Å². The molecule has 0 aliphatic carbocycles. The summed E-state index contributed by atoms with van der Waals surface area (Å²) in [6.45, 7) is -2.83. The number of aromatic nitrogens is 2. The second kappa shape index (κ2) is 7.77. The van der Waals surface area contributed by atoms with Gasteiger partial charge in [-0.3, -0.25) is 4.90 Å². The zero-order chi connectivity index (χ0) is 26.8. The molecule has 138 valence electrons. The monoisotopic (exact) mass is 410 g/mol. The fourth-order valence-electron chi connectivity index (χ4n) is 2.45. The standard InChI is InChI=1S/C19H17ClFN5S/c20-17-8-16-18(27-17)19(24-11-23-16)25-14-3-5-26(6-4-14)10-12-1-2-15(21)13(7-12)9-22/h1-2,7-8,11,14H,3-6,10H2,(H,23,24,25)/i2D,3D2,4D2,8D,10D,14D/hD. The van der Waals surface area contributed by atoms with Crippen molar-refractivity contribution < 1.29 is 16.8 Å². The van der Waals surface area contributed by atoms with Crippen LogP contribution >= 0.6 is 22.9 Å². The summed E-state index contributed by atoms with van der Waals surface area (Å²) in [7, 11) is 0. The summed E-state index contributed by atoms with van der Waals surface area (Å²) in [5, 5.41) is 9.44. The van der Waals surface area contributed by atoms with Crippen molar-refractivity contribution in [1.82, 2.24) is 14.9 Å². The minimum atomic E-state index is -2.86. The van der Waals surface area contributed by atoms with Crippen LogP contribution < -0.4 is 5.31 Å². The second-order valence-electron chi connectivity index (χ2n) is 5.50. The highest BCUT2D eigenvalue weighted by Gasteiger charge is 2.21. The van der Waals surface area contributed by atoms with Crippen LogP contribution in [-0.2, 0) is 6.52 Å². The summed E-state index contributed by atoms with van der Waals surface area (Å²) < 4.78 is 90.3. The topological polar surface area (TPSA) is 64.8 Å². The molecule has 4 rings (SSSR count). The number of piperidine rings is 1. The molecule has 1 saturated heterocycles. The number of nitrogens with zero attached hydrogens (tertiary/aromatic N) is 4. The third kappa shape index (κ3) is 4.03. The molecule has 0 amide bonds. The van der Waals surface area contributed by atoms with Crippen LogP contribution in [-0.4, -0.2) is 34.0 Å². The van der Waals surface area contributed by atoms with E-state index >= 15 is 0 Å². The van der Waals surface area contributed by atoms with Gasteiger partial charge in [-0.2, -0.15) is 5.26 Å². The Hall–Kier alpha value is -2.27. The second-order valence-corrected chi connectivity index (χ2v) is 7.12. The van der Waals surface area contributed by atoms with Crippen LogP contribution in [0.4, 0.5) is 10.2 Å². The molecular formula is C19H17ClFN5S. The molecule has 27 heavy (non-hydrogen) atoms. The lowest BCUT2D eigenvalue weighted by molar-refractivity contribution is 0.211. The molecular weight excluding hydrogens is 385 g/mol. The fraction of sp³-hybridized carbons (Fsp3) is 0.316. The van der Waals surface area contributed by atoms with Gasteiger partial charge in [-0.15, -0.1) is 11.3 Å². The number of anilines is 1. The number of hydrogen-bond acceptors (Lipinski definition) is 6. The minimum absolute atomic E-state index is 0.0153. The van der Waals surface area contributed by atoms with E-state index in [0.29, 0.717) is 5.31 Å². The van der Waals surface area contributed by atoms with E-state index in [4.69, 9.17) is 29.2 Å². The molecule has 3 heterocycles. The van der Waals surface area contributed by atoms with Crippen LogP contribution in [0.1, 0.15) is 34.8 Å². The van der Waals surface area contributed by atoms with Crippen molar-refractivity contribution in [3.8, 4) is 6.07 Å². The predicted octanol–water partition coefficient (Wildman–Crippen LogP) is 4.43. The van der Waals surface area contributed by atoms with E-state index < -0.39 is 55.8 Å². The Balaban J connectivity index is 1.74. The molecule has 0 radical (unpaired) electrons. The SMILES string of the molecule is [2H]c1cc(C([2H])N2CC([2H])([2H])C([2H])(N([2H])c3ncnc4c([2H])c(Cl)sc34)C([2H])([2H])C2)cc(C#N)c1F. The summed E-state index contributed by atoms with van der Waals surface area (Å²) in [6.07, 6.45) is -4.51. The van der Waals surface area contributed by atoms with Crippen molar-refractivity contribution >= 4 is 39.0 Å². The lowest BCUT2D eigenvalue weighted by Crippen LogP contribution is -2.38. The average Bonchev–Trinajstić information content (AvgIpc) is 3.11. The Labute approximate surface area is 178 Å². The summed E-state index contributed by atoms with van der Waals surface area (Å²) in [5.74, 6) is -1.35. The van der Waals surface area contributed by atoms with E-state index in [9.17, 15) is 4.39 Å². The van der Waals surface area contributed by atoms with E-state index in [0.717, 1.165) is 34.7 Å². The van der Waals surface area contributed by atoms with Crippen molar-refractivity contribution in [2.24, 2.45) is 0 Å². The van der Waals surface area contributed by atoms with Gasteiger partial charge in [0.05, 0.1) is 24.2 Å². The van der Waals surface area contributed by atoms with Crippen molar-refractivity contribution in [3.63, 3.8) is 0 Å². The first kappa shape index (κ1) is 10.3. The molecule has 1 N–H and O–H groups in total. The number of fused-ring (bicyclic) bond motifs is 1. The van der Waals surface area contributed by atoms with Crippen LogP contribution in [0.25, 0.3) is 10.2 Å². The third-order valence-electron chi connectivity index (χ3n) is 3.68. The number of benzene rings is 1. The van der Waals surface area contributed by atoms with E-state index in [1.54, 1.807) is 6.07 Å². The molecule has 0 saturated carbocycles. The fourth-order valence-corrected chi connectivity index (χ4v) is 3.48. The third-order valence-corrected chi connectivity index (χ3v) is 4.86. The zero-order valence-corrected chi connectivity index (χ0v) is 15.2. The molecule has 1 aromatic carbocycles. The van der Waals surface area contributed by atoms with Gasteiger partial charge in [0.1, 0.15) is 24.0 Å². The van der Waals surface area contributed by atoms with Gasteiger partial charge in [-0.1, -0.05) is 17.7 Å². The lowest BCUT2D eigenvalue weighted by atomic mass is 10.0. The lowest BCUT2D eigenvalue weighted by Gasteiger charge is -2.32. The van der Waals surface area contributed by atoms with Gasteiger partial charge >= 0.3 is 0 Å². The van der Waals surface area contributed by atoms with Crippen molar-refractivity contribution in [3.05, 3.63) is 51.8 Å². The predicted molar refractivity (Wildman–Crippen MR) is 105 cm³/mol. The van der Waals surface area contributed by atoms with Crippen molar-refractivity contribution in [2.45, 2.75) is 25.3 Å². The first-order valence-corrected chi connectivity index (χ1v) is 8.91. The normalized spacial score (nSPS) is 26.6. The van der Waals surface area contributed by atoms with Crippen LogP contribution in [0.2, 0.25) is 5.75 Å². The van der Waals surface area contributed by atoms with Crippen LogP contribution in [0.5, 0.6) is 0 Å². The van der Waals surface area contributed by atoms with Gasteiger partial charge in [0.25, 0.3) is 0 Å². The van der Waals surface area contributed by atoms with Gasteiger partial charge in [0.2, 0.25) is 0 Å². The average molecular weight is 411 g/mol. The molecule has 1 atom stereocenters. The number of nitrogens with one attached hydrogen (secondary N) is 1. The first-order valence-electron chi connectivity index (χ1n) is 12.2. The number of hydrogen-bond donors (Lipinski definition) is 1. The van der Waals surface area contributed by atoms with Gasteiger partial charge in [-0.25, -0.2) is 14.4 Å². The highest BCUT2D eigenvalue weighted by Crippen LogP contribution is 2.33. The Morgan fingerprint density at radius 1 is 1.59 bits per heavy atom. The van der Waals surface area contributed by atoms with Gasteiger partial charge in [0, 0.05) is 32.5 Å². The molecule has 5 nitrogen and oxygen atoms in total. The van der Waals surface area contributed by atoms with E-state index in [2.05, 4.69) is 9.97 Å². The maximum Gasteiger partial charge on any atom is 0.162 e. The number of thiophene rings is 1. The summed E-state index contributed by atoms with van der Waals surface area (Å²) in [4.78, 5) is 8.97. The summed E-state index contributed by atoms with van der Waals surface area (Å²) in [5.41, 5.74) is -0.406. The van der Waals surface area contributed by atoms with Gasteiger partial charge in [-0.05, 0) is 36.5 Å². The molecule has 1 aliphatic heterocycles. The van der Waals surface area contributed by atoms with Crippen LogP contribution in [0.15, 0.2) is 30.5 Å². The Kier molecular flexibility index (Phi) is 2.97. The molecule has 1 aliphatic rings. The molecule has 3 aromatic rings. The number of likely N-dealkylation sites (tertiary alicyclic amines) is 1. The van der Waals surface area contributed by atoms with E-state index in [1.807, 2.05) is 0 Å². The largest absolute Gasteiger partial charge is 0.366 e. The highest BCUT2D eigenvalue weighted by molar-refractivity contribution is 7.23. The number of nitriles is 1. The molecule has 1 fully saturated rings. The molecule has 2 aromatic heterocycles. The van der Waals surface area contributed by atoms with Crippen LogP contribution in [0.3, 0.4) is 0 Å². The highest BCUT2D eigenvalue weighted by atomic mass is 35.5. The van der Waals surface area contributed by atoms with Crippen molar-refractivity contribution in [1.29, 1.82) is 5.26 Å². The quantitative estimate of drug-likeness (QED) is 0.689. The van der Waals surface area contributed by atoms with Gasteiger partial charge in [0.15, 0.2) is 1.41 Å². The minimum Gasteiger partial charge on any atom is -0.366 e. The maximum atomic E-state index is 13.9. The smallest absolute Gasteiger partial charge is 0.162 e. The van der Waals surface area contributed by atoms with E-state index in [-0.39, 0.29) is 32.0 Å². The number of rotatable bonds is 4. The molecule has 1 unspecified atom stereocenters. The Bertz CT molecular complexity index is 1380. The maximum absolute atomic E-state index is 13.9. The van der Waals surface area contributed by atoms with E-state index in [1.165, 1.54) is 0 Å². The van der Waals surface area contributed by atoms with Gasteiger partial charge < -0.3 is 5.31 Å². The number of halogens is 2. The Morgan fingerprint density at radius 3 is 3.19 bits per heavy atom. The molecule has 0 bridgehead atoms. The summed E-state index contributed by atoms with van der Waals surface area (Å²) in [6, 6.07) is 0.0247. The van der Waals surface area contributed by atoms with Crippen LogP contribution in [0, 0.1) is 17.1 Å². The molecule has 0 spiro atoms. The molecule has 8 heteroatoms. The summed E-state index contributed by atoms with van der Waals surface area (Å²) >= 11 is 6.87.